The number of ether oxygens (including phenoxy) is 1. The Bertz CT molecular complexity index is 1180. The van der Waals surface area contributed by atoms with Crippen LogP contribution >= 0.6 is 23.1 Å². The van der Waals surface area contributed by atoms with E-state index in [1.54, 1.807) is 11.3 Å². The molecule has 2 unspecified atom stereocenters. The van der Waals surface area contributed by atoms with Crippen LogP contribution in [0.25, 0.3) is 10.2 Å². The van der Waals surface area contributed by atoms with Gasteiger partial charge in [-0.2, -0.15) is 4.98 Å². The van der Waals surface area contributed by atoms with Crippen LogP contribution < -0.4 is 5.56 Å². The van der Waals surface area contributed by atoms with Crippen molar-refractivity contribution in [1.29, 1.82) is 0 Å². The molecular formula is C23H30N4O3S2. The first-order chi connectivity index (χ1) is 15.3. The van der Waals surface area contributed by atoms with E-state index in [1.165, 1.54) is 22.2 Å². The second kappa shape index (κ2) is 8.57. The lowest BCUT2D eigenvalue weighted by Crippen LogP contribution is -2.29. The molecule has 9 heteroatoms. The monoisotopic (exact) mass is 474 g/mol. The van der Waals surface area contributed by atoms with Gasteiger partial charge >= 0.3 is 0 Å². The molecule has 2 aliphatic rings. The van der Waals surface area contributed by atoms with Gasteiger partial charge in [-0.1, -0.05) is 44.6 Å². The molecule has 0 radical (unpaired) electrons. The highest BCUT2D eigenvalue weighted by molar-refractivity contribution is 7.98. The average molecular weight is 475 g/mol. The highest BCUT2D eigenvalue weighted by atomic mass is 32.2. The Balaban J connectivity index is 1.51. The van der Waals surface area contributed by atoms with E-state index < -0.39 is 0 Å². The standard InChI is InChI=1S/C23H30N4O3S2/c1-13-7-8-15-16(10-13)32-19-18(15)20(28)27(11-14-6-5-9-29-14)22(25-19)31-12-17-24-21(26-30-17)23(2,3)4/h13-14H,5-12H2,1-4H3. The third kappa shape index (κ3) is 4.26. The van der Waals surface area contributed by atoms with Crippen molar-refractivity contribution in [2.24, 2.45) is 5.92 Å². The summed E-state index contributed by atoms with van der Waals surface area (Å²) in [5.74, 6) is 2.38. The van der Waals surface area contributed by atoms with Crippen molar-refractivity contribution in [3.63, 3.8) is 0 Å². The molecule has 4 heterocycles. The Morgan fingerprint density at radius 3 is 2.81 bits per heavy atom. The molecule has 2 atom stereocenters. The zero-order chi connectivity index (χ0) is 22.5. The number of rotatable bonds is 5. The summed E-state index contributed by atoms with van der Waals surface area (Å²) in [6.45, 7) is 9.77. The highest BCUT2D eigenvalue weighted by Gasteiger charge is 2.27. The van der Waals surface area contributed by atoms with Crippen LogP contribution in [0.4, 0.5) is 0 Å². The van der Waals surface area contributed by atoms with Gasteiger partial charge in [0, 0.05) is 16.9 Å². The predicted molar refractivity (Wildman–Crippen MR) is 127 cm³/mol. The fourth-order valence-electron chi connectivity index (χ4n) is 4.41. The summed E-state index contributed by atoms with van der Waals surface area (Å²) in [5.41, 5.74) is 1.13. The SMILES string of the molecule is CC1CCc2c(sc3nc(SCc4nc(C(C)(C)C)no4)n(CC4CCCO4)c(=O)c23)C1. The maximum Gasteiger partial charge on any atom is 0.263 e. The Kier molecular flexibility index (Phi) is 5.92. The number of aryl methyl sites for hydroxylation is 1. The maximum absolute atomic E-state index is 13.7. The van der Waals surface area contributed by atoms with E-state index in [1.807, 2.05) is 4.57 Å². The van der Waals surface area contributed by atoms with E-state index in [0.717, 1.165) is 48.9 Å². The van der Waals surface area contributed by atoms with Crippen LogP contribution in [0.2, 0.25) is 0 Å². The Hall–Kier alpha value is -1.71. The molecule has 3 aromatic heterocycles. The molecule has 0 amide bonds. The molecule has 1 aliphatic heterocycles. The van der Waals surface area contributed by atoms with Gasteiger partial charge < -0.3 is 9.26 Å². The van der Waals surface area contributed by atoms with E-state index in [2.05, 4.69) is 37.8 Å². The smallest absolute Gasteiger partial charge is 0.263 e. The summed E-state index contributed by atoms with van der Waals surface area (Å²) in [6.07, 6.45) is 5.23. The molecule has 3 aromatic rings. The molecule has 0 saturated carbocycles. The quantitative estimate of drug-likeness (QED) is 0.390. The van der Waals surface area contributed by atoms with Crippen LogP contribution in [0.5, 0.6) is 0 Å². The number of fused-ring (bicyclic) bond motifs is 3. The highest BCUT2D eigenvalue weighted by Crippen LogP contribution is 2.37. The van der Waals surface area contributed by atoms with Crippen LogP contribution in [0.15, 0.2) is 14.5 Å². The molecule has 1 fully saturated rings. The zero-order valence-corrected chi connectivity index (χ0v) is 20.8. The van der Waals surface area contributed by atoms with Gasteiger partial charge in [0.05, 0.1) is 23.8 Å². The molecule has 0 spiro atoms. The number of hydrogen-bond donors (Lipinski definition) is 0. The summed E-state index contributed by atoms with van der Waals surface area (Å²) in [7, 11) is 0. The van der Waals surface area contributed by atoms with Gasteiger partial charge in [-0.3, -0.25) is 9.36 Å². The molecule has 1 aliphatic carbocycles. The lowest BCUT2D eigenvalue weighted by Gasteiger charge is -2.18. The van der Waals surface area contributed by atoms with Crippen molar-refractivity contribution in [1.82, 2.24) is 19.7 Å². The third-order valence-corrected chi connectivity index (χ3v) is 8.36. The zero-order valence-electron chi connectivity index (χ0n) is 19.1. The third-order valence-electron chi connectivity index (χ3n) is 6.25. The van der Waals surface area contributed by atoms with Crippen LogP contribution in [0.1, 0.15) is 69.1 Å². The van der Waals surface area contributed by atoms with Crippen LogP contribution in [0.3, 0.4) is 0 Å². The number of aromatic nitrogens is 4. The summed E-state index contributed by atoms with van der Waals surface area (Å²) in [4.78, 5) is 25.4. The van der Waals surface area contributed by atoms with Crippen LogP contribution in [0, 0.1) is 5.92 Å². The largest absolute Gasteiger partial charge is 0.376 e. The van der Waals surface area contributed by atoms with E-state index >= 15 is 0 Å². The first-order valence-corrected chi connectivity index (χ1v) is 13.2. The van der Waals surface area contributed by atoms with Crippen LogP contribution in [-0.4, -0.2) is 32.4 Å². The van der Waals surface area contributed by atoms with Crippen molar-refractivity contribution >= 4 is 33.3 Å². The van der Waals surface area contributed by atoms with E-state index in [-0.39, 0.29) is 17.1 Å². The second-order valence-corrected chi connectivity index (χ2v) is 12.1. The predicted octanol–water partition coefficient (Wildman–Crippen LogP) is 4.73. The van der Waals surface area contributed by atoms with Crippen molar-refractivity contribution in [2.45, 2.75) is 88.8 Å². The van der Waals surface area contributed by atoms with Gasteiger partial charge in [0.2, 0.25) is 5.89 Å². The lowest BCUT2D eigenvalue weighted by molar-refractivity contribution is 0.0937. The van der Waals surface area contributed by atoms with Crippen molar-refractivity contribution in [3.05, 3.63) is 32.5 Å². The van der Waals surface area contributed by atoms with Gasteiger partial charge in [0.1, 0.15) is 4.83 Å². The van der Waals surface area contributed by atoms with Gasteiger partial charge in [-0.15, -0.1) is 11.3 Å². The van der Waals surface area contributed by atoms with E-state index in [9.17, 15) is 4.79 Å². The topological polar surface area (TPSA) is 83.0 Å². The fraction of sp³-hybridized carbons (Fsp3) is 0.652. The number of thiophene rings is 1. The van der Waals surface area contributed by atoms with Crippen LogP contribution in [-0.2, 0) is 35.3 Å². The summed E-state index contributed by atoms with van der Waals surface area (Å²) >= 11 is 3.18. The number of nitrogens with zero attached hydrogens (tertiary/aromatic N) is 4. The molecule has 0 N–H and O–H groups in total. The van der Waals surface area contributed by atoms with Gasteiger partial charge in [0.25, 0.3) is 5.56 Å². The van der Waals surface area contributed by atoms with Crippen molar-refractivity contribution in [2.75, 3.05) is 6.61 Å². The molecule has 5 rings (SSSR count). The van der Waals surface area contributed by atoms with Crippen molar-refractivity contribution < 1.29 is 9.26 Å². The van der Waals surface area contributed by atoms with Crippen molar-refractivity contribution in [3.8, 4) is 0 Å². The van der Waals surface area contributed by atoms with Gasteiger partial charge in [-0.25, -0.2) is 4.98 Å². The van der Waals surface area contributed by atoms with E-state index in [4.69, 9.17) is 14.2 Å². The molecule has 0 aromatic carbocycles. The molecule has 172 valence electrons. The molecular weight excluding hydrogens is 444 g/mol. The van der Waals surface area contributed by atoms with Gasteiger partial charge in [0.15, 0.2) is 11.0 Å². The normalized spacial score (nSPS) is 21.4. The second-order valence-electron chi connectivity index (χ2n) is 10.0. The lowest BCUT2D eigenvalue weighted by atomic mass is 9.89. The first-order valence-electron chi connectivity index (χ1n) is 11.4. The Labute approximate surface area is 196 Å². The van der Waals surface area contributed by atoms with E-state index in [0.29, 0.717) is 35.1 Å². The molecule has 7 nitrogen and oxygen atoms in total. The summed E-state index contributed by atoms with van der Waals surface area (Å²) in [6, 6.07) is 0. The van der Waals surface area contributed by atoms with Gasteiger partial charge in [-0.05, 0) is 43.6 Å². The minimum atomic E-state index is -0.168. The number of hydrogen-bond acceptors (Lipinski definition) is 8. The maximum atomic E-state index is 13.7. The summed E-state index contributed by atoms with van der Waals surface area (Å²) in [5, 5.41) is 5.65. The fourth-order valence-corrected chi connectivity index (χ4v) is 6.68. The first kappa shape index (κ1) is 22.1. The minimum absolute atomic E-state index is 0.0664. The Morgan fingerprint density at radius 2 is 2.09 bits per heavy atom. The molecule has 1 saturated heterocycles. The molecule has 32 heavy (non-hydrogen) atoms. The molecule has 0 bridgehead atoms. The average Bonchev–Trinajstić information content (AvgIpc) is 3.47. The summed E-state index contributed by atoms with van der Waals surface area (Å²) < 4.78 is 13.1. The minimum Gasteiger partial charge on any atom is -0.376 e. The Morgan fingerprint density at radius 1 is 1.25 bits per heavy atom. The number of thioether (sulfide) groups is 1.